The first-order valence-corrected chi connectivity index (χ1v) is 6.41. The smallest absolute Gasteiger partial charge is 0.234 e. The summed E-state index contributed by atoms with van der Waals surface area (Å²) in [7, 11) is 0. The van der Waals surface area contributed by atoms with Crippen molar-refractivity contribution in [2.75, 3.05) is 0 Å². The SMILES string of the molecule is Cc1cc(C)n2c3c(nc2n1)CC(C)CC3C. The van der Waals surface area contributed by atoms with E-state index in [1.165, 1.54) is 23.5 Å². The second-order valence-electron chi connectivity index (χ2n) is 5.56. The summed E-state index contributed by atoms with van der Waals surface area (Å²) in [5.41, 5.74) is 4.96. The van der Waals surface area contributed by atoms with Crippen molar-refractivity contribution in [3.05, 3.63) is 28.8 Å². The Morgan fingerprint density at radius 1 is 1.24 bits per heavy atom. The third-order valence-corrected chi connectivity index (χ3v) is 3.78. The van der Waals surface area contributed by atoms with Gasteiger partial charge in [0.1, 0.15) is 0 Å². The van der Waals surface area contributed by atoms with Crippen LogP contribution in [0.2, 0.25) is 0 Å². The number of imidazole rings is 1. The number of aromatic nitrogens is 3. The lowest BCUT2D eigenvalue weighted by atomic mass is 9.84. The van der Waals surface area contributed by atoms with Crippen LogP contribution in [-0.4, -0.2) is 14.4 Å². The third kappa shape index (κ3) is 1.56. The molecule has 0 aliphatic heterocycles. The molecule has 3 rings (SSSR count). The Kier molecular flexibility index (Phi) is 2.25. The van der Waals surface area contributed by atoms with E-state index < -0.39 is 0 Å². The van der Waals surface area contributed by atoms with Gasteiger partial charge in [0.05, 0.1) is 11.4 Å². The lowest BCUT2D eigenvalue weighted by Gasteiger charge is -2.24. The minimum atomic E-state index is 0.590. The van der Waals surface area contributed by atoms with E-state index in [2.05, 4.69) is 36.2 Å². The van der Waals surface area contributed by atoms with E-state index >= 15 is 0 Å². The molecule has 0 N–H and O–H groups in total. The maximum atomic E-state index is 4.73. The van der Waals surface area contributed by atoms with Gasteiger partial charge in [-0.25, -0.2) is 9.97 Å². The van der Waals surface area contributed by atoms with E-state index in [9.17, 15) is 0 Å². The molecule has 0 saturated carbocycles. The zero-order chi connectivity index (χ0) is 12.2. The Morgan fingerprint density at radius 3 is 2.76 bits per heavy atom. The topological polar surface area (TPSA) is 30.2 Å². The first kappa shape index (κ1) is 10.8. The summed E-state index contributed by atoms with van der Waals surface area (Å²) in [6.45, 7) is 8.80. The molecular formula is C14H19N3. The quantitative estimate of drug-likeness (QED) is 0.695. The minimum absolute atomic E-state index is 0.590. The summed E-state index contributed by atoms with van der Waals surface area (Å²) in [6, 6.07) is 2.14. The van der Waals surface area contributed by atoms with Crippen molar-refractivity contribution in [3.63, 3.8) is 0 Å². The Labute approximate surface area is 102 Å². The van der Waals surface area contributed by atoms with E-state index in [0.29, 0.717) is 5.92 Å². The number of nitrogens with zero attached hydrogens (tertiary/aromatic N) is 3. The number of rotatable bonds is 0. The highest BCUT2D eigenvalue weighted by molar-refractivity contribution is 5.41. The first-order valence-electron chi connectivity index (χ1n) is 6.41. The maximum Gasteiger partial charge on any atom is 0.234 e. The Hall–Kier alpha value is -1.38. The monoisotopic (exact) mass is 229 g/mol. The molecule has 0 spiro atoms. The summed E-state index contributed by atoms with van der Waals surface area (Å²) in [5, 5.41) is 0. The highest BCUT2D eigenvalue weighted by Gasteiger charge is 2.27. The van der Waals surface area contributed by atoms with Gasteiger partial charge in [0, 0.05) is 11.4 Å². The fourth-order valence-corrected chi connectivity index (χ4v) is 3.23. The van der Waals surface area contributed by atoms with Crippen molar-refractivity contribution >= 4 is 5.78 Å². The van der Waals surface area contributed by atoms with Gasteiger partial charge in [-0.2, -0.15) is 0 Å². The molecule has 3 heteroatoms. The van der Waals surface area contributed by atoms with Gasteiger partial charge < -0.3 is 0 Å². The van der Waals surface area contributed by atoms with Gasteiger partial charge in [-0.05, 0) is 44.6 Å². The molecule has 0 radical (unpaired) electrons. The van der Waals surface area contributed by atoms with E-state index in [1.807, 2.05) is 6.92 Å². The van der Waals surface area contributed by atoms with Gasteiger partial charge in [0.15, 0.2) is 0 Å². The molecule has 2 unspecified atom stereocenters. The van der Waals surface area contributed by atoms with E-state index in [0.717, 1.165) is 23.8 Å². The molecule has 90 valence electrons. The summed E-state index contributed by atoms with van der Waals surface area (Å²) in [4.78, 5) is 9.28. The molecule has 2 atom stereocenters. The standard InChI is InChI=1S/C14H19N3/c1-8-5-9(2)13-12(6-8)16-14-15-10(3)7-11(4)17(13)14/h7-9H,5-6H2,1-4H3. The van der Waals surface area contributed by atoms with Gasteiger partial charge in [-0.3, -0.25) is 4.40 Å². The predicted octanol–water partition coefficient (Wildman–Crippen LogP) is 3.03. The van der Waals surface area contributed by atoms with Crippen LogP contribution in [0.15, 0.2) is 6.07 Å². The average Bonchev–Trinajstić information content (AvgIpc) is 2.55. The van der Waals surface area contributed by atoms with Gasteiger partial charge >= 0.3 is 0 Å². The second kappa shape index (κ2) is 3.56. The Balaban J connectivity index is 2.32. The number of hydrogen-bond donors (Lipinski definition) is 0. The molecule has 3 nitrogen and oxygen atoms in total. The Morgan fingerprint density at radius 2 is 2.00 bits per heavy atom. The van der Waals surface area contributed by atoms with Crippen LogP contribution in [0, 0.1) is 19.8 Å². The molecule has 0 saturated heterocycles. The molecule has 0 amide bonds. The van der Waals surface area contributed by atoms with Crippen LogP contribution >= 0.6 is 0 Å². The molecule has 17 heavy (non-hydrogen) atoms. The molecular weight excluding hydrogens is 210 g/mol. The molecule has 0 bridgehead atoms. The normalized spacial score (nSPS) is 24.0. The molecule has 2 aromatic rings. The zero-order valence-electron chi connectivity index (χ0n) is 11.0. The van der Waals surface area contributed by atoms with Crippen LogP contribution < -0.4 is 0 Å². The van der Waals surface area contributed by atoms with Crippen molar-refractivity contribution in [1.29, 1.82) is 0 Å². The number of aryl methyl sites for hydroxylation is 2. The summed E-state index contributed by atoms with van der Waals surface area (Å²) < 4.78 is 2.25. The molecule has 0 aromatic carbocycles. The van der Waals surface area contributed by atoms with Gasteiger partial charge in [-0.1, -0.05) is 13.8 Å². The summed E-state index contributed by atoms with van der Waals surface area (Å²) in [6.07, 6.45) is 2.36. The fourth-order valence-electron chi connectivity index (χ4n) is 3.23. The summed E-state index contributed by atoms with van der Waals surface area (Å²) >= 11 is 0. The van der Waals surface area contributed by atoms with Crippen LogP contribution in [-0.2, 0) is 6.42 Å². The molecule has 1 aliphatic carbocycles. The van der Waals surface area contributed by atoms with Crippen molar-refractivity contribution < 1.29 is 0 Å². The number of fused-ring (bicyclic) bond motifs is 3. The van der Waals surface area contributed by atoms with Crippen LogP contribution in [0.5, 0.6) is 0 Å². The van der Waals surface area contributed by atoms with Crippen molar-refractivity contribution in [2.24, 2.45) is 5.92 Å². The van der Waals surface area contributed by atoms with Crippen LogP contribution in [0.25, 0.3) is 5.78 Å². The van der Waals surface area contributed by atoms with Gasteiger partial charge in [0.25, 0.3) is 0 Å². The maximum absolute atomic E-state index is 4.73. The minimum Gasteiger partial charge on any atom is -0.285 e. The van der Waals surface area contributed by atoms with Crippen LogP contribution in [0.1, 0.15) is 49.0 Å². The Bertz CT molecular complexity index is 583. The zero-order valence-corrected chi connectivity index (χ0v) is 11.0. The lowest BCUT2D eigenvalue weighted by Crippen LogP contribution is -2.16. The molecule has 2 aromatic heterocycles. The van der Waals surface area contributed by atoms with Gasteiger partial charge in [-0.15, -0.1) is 0 Å². The first-order chi connectivity index (χ1) is 8.06. The van der Waals surface area contributed by atoms with Crippen LogP contribution in [0.3, 0.4) is 0 Å². The number of hydrogen-bond acceptors (Lipinski definition) is 2. The molecule has 1 aliphatic rings. The average molecular weight is 229 g/mol. The van der Waals surface area contributed by atoms with E-state index in [1.54, 1.807) is 0 Å². The van der Waals surface area contributed by atoms with Crippen molar-refractivity contribution in [3.8, 4) is 0 Å². The van der Waals surface area contributed by atoms with Gasteiger partial charge in [0.2, 0.25) is 5.78 Å². The van der Waals surface area contributed by atoms with Crippen molar-refractivity contribution in [2.45, 2.75) is 46.5 Å². The highest BCUT2D eigenvalue weighted by atomic mass is 15.1. The second-order valence-corrected chi connectivity index (χ2v) is 5.56. The largest absolute Gasteiger partial charge is 0.285 e. The van der Waals surface area contributed by atoms with E-state index in [-0.39, 0.29) is 0 Å². The molecule has 2 heterocycles. The van der Waals surface area contributed by atoms with E-state index in [4.69, 9.17) is 4.98 Å². The summed E-state index contributed by atoms with van der Waals surface area (Å²) in [5.74, 6) is 2.21. The third-order valence-electron chi connectivity index (χ3n) is 3.78. The molecule has 0 fully saturated rings. The lowest BCUT2D eigenvalue weighted by molar-refractivity contribution is 0.437. The van der Waals surface area contributed by atoms with Crippen molar-refractivity contribution in [1.82, 2.24) is 14.4 Å². The fraction of sp³-hybridized carbons (Fsp3) is 0.571. The predicted molar refractivity (Wildman–Crippen MR) is 68.4 cm³/mol. The van der Waals surface area contributed by atoms with Crippen LogP contribution in [0.4, 0.5) is 0 Å². The highest BCUT2D eigenvalue weighted by Crippen LogP contribution is 2.34.